The predicted octanol–water partition coefficient (Wildman–Crippen LogP) is 3.60. The number of ketones is 1. The van der Waals surface area contributed by atoms with Crippen molar-refractivity contribution in [2.75, 3.05) is 44.8 Å². The van der Waals surface area contributed by atoms with E-state index in [9.17, 15) is 18.0 Å². The Morgan fingerprint density at radius 3 is 2.48 bits per heavy atom. The summed E-state index contributed by atoms with van der Waals surface area (Å²) in [5.41, 5.74) is -0.565. The molecular weight excluding hydrogens is 357 g/mol. The number of likely N-dealkylation sites (N-methyl/N-ethyl adjacent to an activating group) is 1. The van der Waals surface area contributed by atoms with Gasteiger partial charge in [-0.3, -0.25) is 4.79 Å². The third-order valence-corrected chi connectivity index (χ3v) is 6.54. The van der Waals surface area contributed by atoms with Crippen molar-refractivity contribution in [2.45, 2.75) is 37.4 Å². The lowest BCUT2D eigenvalue weighted by Gasteiger charge is -2.44. The second kappa shape index (κ2) is 6.78. The minimum absolute atomic E-state index is 0.0283. The van der Waals surface area contributed by atoms with Crippen LogP contribution >= 0.6 is 0 Å². The highest BCUT2D eigenvalue weighted by atomic mass is 19.4. The maximum Gasteiger partial charge on any atom is 0.416 e. The lowest BCUT2D eigenvalue weighted by molar-refractivity contribution is -0.137. The second-order valence-electron chi connectivity index (χ2n) is 8.01. The molecule has 0 aliphatic carbocycles. The fourth-order valence-electron chi connectivity index (χ4n) is 4.77. The molecule has 0 aromatic heterocycles. The number of carbonyl (C=O) groups excluding carboxylic acids is 1. The van der Waals surface area contributed by atoms with Crippen LogP contribution in [0.15, 0.2) is 18.2 Å². The van der Waals surface area contributed by atoms with E-state index < -0.39 is 17.3 Å². The van der Waals surface area contributed by atoms with Crippen LogP contribution in [0.25, 0.3) is 0 Å². The van der Waals surface area contributed by atoms with Gasteiger partial charge >= 0.3 is 6.18 Å². The minimum Gasteiger partial charge on any atom is -0.381 e. The summed E-state index contributed by atoms with van der Waals surface area (Å²) < 4.78 is 44.6. The number of nitrogens with zero attached hydrogens (tertiary/aromatic N) is 2. The molecule has 1 aromatic carbocycles. The first kappa shape index (κ1) is 18.7. The normalized spacial score (nSPS) is 23.9. The molecule has 3 aliphatic heterocycles. The first-order valence-corrected chi connectivity index (χ1v) is 9.61. The van der Waals surface area contributed by atoms with E-state index in [1.807, 2.05) is 0 Å². The quantitative estimate of drug-likeness (QED) is 0.783. The zero-order valence-corrected chi connectivity index (χ0v) is 15.5. The Morgan fingerprint density at radius 1 is 1.19 bits per heavy atom. The highest BCUT2D eigenvalue weighted by molar-refractivity contribution is 6.14. The molecule has 1 spiro atoms. The van der Waals surface area contributed by atoms with Gasteiger partial charge in [-0.05, 0) is 49.8 Å². The summed E-state index contributed by atoms with van der Waals surface area (Å²) in [5, 5.41) is 0. The minimum atomic E-state index is -4.40. The molecule has 0 N–H and O–H groups in total. The Bertz CT molecular complexity index is 720. The van der Waals surface area contributed by atoms with Crippen LogP contribution in [-0.2, 0) is 10.9 Å². The molecule has 2 saturated heterocycles. The predicted molar refractivity (Wildman–Crippen MR) is 96.1 cm³/mol. The van der Waals surface area contributed by atoms with Crippen molar-refractivity contribution in [2.24, 2.45) is 5.92 Å². The smallest absolute Gasteiger partial charge is 0.381 e. The van der Waals surface area contributed by atoms with Gasteiger partial charge in [0.15, 0.2) is 5.78 Å². The summed E-state index contributed by atoms with van der Waals surface area (Å²) in [6, 6.07) is 3.49. The van der Waals surface area contributed by atoms with Crippen LogP contribution in [0.2, 0.25) is 0 Å². The highest BCUT2D eigenvalue weighted by Gasteiger charge is 2.51. The van der Waals surface area contributed by atoms with Gasteiger partial charge in [0, 0.05) is 51.1 Å². The number of alkyl halides is 3. The molecule has 0 atom stereocenters. The van der Waals surface area contributed by atoms with Crippen molar-refractivity contribution >= 4 is 11.5 Å². The standard InChI is InChI=1S/C20H25F3N2O2/c1-24-17-12-15(20(21,22)23)2-3-16(17)18(26)19(24)6-8-25(9-7-19)13-14-4-10-27-11-5-14/h2-3,12,14H,4-11,13H2,1H3. The fourth-order valence-corrected chi connectivity index (χ4v) is 4.77. The molecule has 0 unspecified atom stereocenters. The van der Waals surface area contributed by atoms with E-state index in [4.69, 9.17) is 4.74 Å². The van der Waals surface area contributed by atoms with E-state index in [0.29, 0.717) is 30.0 Å². The number of halogens is 3. The highest BCUT2D eigenvalue weighted by Crippen LogP contribution is 2.45. The van der Waals surface area contributed by atoms with Gasteiger partial charge in [-0.15, -0.1) is 0 Å². The van der Waals surface area contributed by atoms with Gasteiger partial charge in [0.1, 0.15) is 5.54 Å². The zero-order chi connectivity index (χ0) is 19.2. The number of hydrogen-bond donors (Lipinski definition) is 0. The van der Waals surface area contributed by atoms with Crippen molar-refractivity contribution in [1.29, 1.82) is 0 Å². The van der Waals surface area contributed by atoms with E-state index >= 15 is 0 Å². The number of rotatable bonds is 2. The van der Waals surface area contributed by atoms with Crippen LogP contribution in [0, 0.1) is 5.92 Å². The van der Waals surface area contributed by atoms with Gasteiger partial charge in [0.2, 0.25) is 0 Å². The average molecular weight is 382 g/mol. The number of ether oxygens (including phenoxy) is 1. The SMILES string of the molecule is CN1c2cc(C(F)(F)F)ccc2C(=O)C12CCN(CC1CCOCC1)CC2. The molecule has 4 nitrogen and oxygen atoms in total. The molecule has 3 aliphatic rings. The second-order valence-corrected chi connectivity index (χ2v) is 8.01. The van der Waals surface area contributed by atoms with Crippen LogP contribution in [0.1, 0.15) is 41.6 Å². The number of fused-ring (bicyclic) bond motifs is 1. The Kier molecular flexibility index (Phi) is 4.71. The summed E-state index contributed by atoms with van der Waals surface area (Å²) in [7, 11) is 1.76. The first-order valence-electron chi connectivity index (χ1n) is 9.61. The third kappa shape index (κ3) is 3.25. The van der Waals surface area contributed by atoms with Crippen molar-refractivity contribution in [3.8, 4) is 0 Å². The summed E-state index contributed by atoms with van der Waals surface area (Å²) in [4.78, 5) is 17.3. The Morgan fingerprint density at radius 2 is 1.85 bits per heavy atom. The monoisotopic (exact) mass is 382 g/mol. The molecule has 0 amide bonds. The van der Waals surface area contributed by atoms with E-state index in [1.54, 1.807) is 11.9 Å². The van der Waals surface area contributed by atoms with E-state index in [-0.39, 0.29) is 5.78 Å². The Balaban J connectivity index is 1.48. The van der Waals surface area contributed by atoms with Gasteiger partial charge in [-0.1, -0.05) is 0 Å². The number of hydrogen-bond acceptors (Lipinski definition) is 4. The van der Waals surface area contributed by atoms with Crippen LogP contribution in [0.5, 0.6) is 0 Å². The molecule has 0 saturated carbocycles. The lowest BCUT2D eigenvalue weighted by Crippen LogP contribution is -2.56. The van der Waals surface area contributed by atoms with Gasteiger partial charge in [-0.2, -0.15) is 13.2 Å². The molecule has 3 heterocycles. The summed E-state index contributed by atoms with van der Waals surface area (Å²) in [6.45, 7) is 4.25. The Labute approximate surface area is 157 Å². The summed E-state index contributed by atoms with van der Waals surface area (Å²) >= 11 is 0. The Hall–Kier alpha value is -1.60. The summed E-state index contributed by atoms with van der Waals surface area (Å²) in [6.07, 6.45) is -0.941. The number of likely N-dealkylation sites (tertiary alicyclic amines) is 1. The number of benzene rings is 1. The largest absolute Gasteiger partial charge is 0.416 e. The van der Waals surface area contributed by atoms with E-state index in [1.165, 1.54) is 6.07 Å². The molecule has 0 radical (unpaired) electrons. The molecule has 148 valence electrons. The third-order valence-electron chi connectivity index (χ3n) is 6.54. The molecule has 0 bridgehead atoms. The number of anilines is 1. The lowest BCUT2D eigenvalue weighted by atomic mass is 9.82. The molecule has 2 fully saturated rings. The average Bonchev–Trinajstić information content (AvgIpc) is 2.86. The molecule has 27 heavy (non-hydrogen) atoms. The van der Waals surface area contributed by atoms with Gasteiger partial charge < -0.3 is 14.5 Å². The van der Waals surface area contributed by atoms with Crippen molar-refractivity contribution in [3.63, 3.8) is 0 Å². The fraction of sp³-hybridized carbons (Fsp3) is 0.650. The van der Waals surface area contributed by atoms with Crippen molar-refractivity contribution in [3.05, 3.63) is 29.3 Å². The van der Waals surface area contributed by atoms with E-state index in [2.05, 4.69) is 4.90 Å². The number of piperidine rings is 1. The van der Waals surface area contributed by atoms with Crippen LogP contribution in [0.4, 0.5) is 18.9 Å². The molecular formula is C20H25F3N2O2. The van der Waals surface area contributed by atoms with Crippen LogP contribution in [0.3, 0.4) is 0 Å². The van der Waals surface area contributed by atoms with Gasteiger partial charge in [-0.25, -0.2) is 0 Å². The van der Waals surface area contributed by atoms with Crippen molar-refractivity contribution in [1.82, 2.24) is 4.90 Å². The van der Waals surface area contributed by atoms with E-state index in [0.717, 1.165) is 57.8 Å². The summed E-state index contributed by atoms with van der Waals surface area (Å²) in [5.74, 6) is 0.607. The first-order chi connectivity index (χ1) is 12.8. The van der Waals surface area contributed by atoms with Crippen molar-refractivity contribution < 1.29 is 22.7 Å². The number of Topliss-reactive ketones (excluding diaryl/α,β-unsaturated/α-hetero) is 1. The molecule has 4 rings (SSSR count). The molecule has 7 heteroatoms. The van der Waals surface area contributed by atoms with Gasteiger partial charge in [0.25, 0.3) is 0 Å². The zero-order valence-electron chi connectivity index (χ0n) is 15.5. The maximum atomic E-state index is 13.1. The van der Waals surface area contributed by atoms with Crippen LogP contribution in [-0.4, -0.2) is 56.1 Å². The number of carbonyl (C=O) groups is 1. The maximum absolute atomic E-state index is 13.1. The topological polar surface area (TPSA) is 32.8 Å². The molecule has 1 aromatic rings. The van der Waals surface area contributed by atoms with Gasteiger partial charge in [0.05, 0.1) is 5.56 Å². The van der Waals surface area contributed by atoms with Crippen LogP contribution < -0.4 is 4.90 Å².